The van der Waals surface area contributed by atoms with Gasteiger partial charge in [-0.15, -0.1) is 12.4 Å². The summed E-state index contributed by atoms with van der Waals surface area (Å²) in [6.45, 7) is 1.02. The molecule has 5 nitrogen and oxygen atoms in total. The molecule has 6 heteroatoms. The monoisotopic (exact) mass is 321 g/mol. The van der Waals surface area contributed by atoms with Crippen LogP contribution >= 0.6 is 12.4 Å². The highest BCUT2D eigenvalue weighted by atomic mass is 35.5. The number of nitrogens with zero attached hydrogens (tertiary/aromatic N) is 1. The molecule has 1 saturated carbocycles. The lowest BCUT2D eigenvalue weighted by atomic mass is 10.1. The summed E-state index contributed by atoms with van der Waals surface area (Å²) in [5.74, 6) is 1.39. The Kier molecular flexibility index (Phi) is 4.36. The van der Waals surface area contributed by atoms with Gasteiger partial charge in [0, 0.05) is 30.1 Å². The Balaban J connectivity index is 0.00000144. The van der Waals surface area contributed by atoms with Gasteiger partial charge in [-0.25, -0.2) is 4.98 Å². The SMILES string of the molecule is Cl.O=C(CC1CCCN1)Nc1ccc2nc(C3CC3)oc2c1. The number of aromatic nitrogens is 1. The molecule has 4 rings (SSSR count). The molecule has 2 heterocycles. The van der Waals surface area contributed by atoms with E-state index in [1.807, 2.05) is 18.2 Å². The summed E-state index contributed by atoms with van der Waals surface area (Å²) < 4.78 is 5.77. The maximum atomic E-state index is 12.0. The van der Waals surface area contributed by atoms with Gasteiger partial charge in [-0.2, -0.15) is 0 Å². The fourth-order valence-electron chi connectivity index (χ4n) is 2.89. The third-order valence-electron chi connectivity index (χ3n) is 4.21. The van der Waals surface area contributed by atoms with Crippen molar-refractivity contribution in [2.24, 2.45) is 0 Å². The fourth-order valence-corrected chi connectivity index (χ4v) is 2.89. The number of carbonyl (C=O) groups is 1. The first-order valence-electron chi connectivity index (χ1n) is 7.72. The lowest BCUT2D eigenvalue weighted by Gasteiger charge is -2.10. The molecule has 22 heavy (non-hydrogen) atoms. The van der Waals surface area contributed by atoms with Crippen molar-refractivity contribution in [3.63, 3.8) is 0 Å². The second kappa shape index (κ2) is 6.26. The van der Waals surface area contributed by atoms with Gasteiger partial charge in [-0.3, -0.25) is 4.79 Å². The van der Waals surface area contributed by atoms with Crippen LogP contribution in [0.3, 0.4) is 0 Å². The molecule has 0 radical (unpaired) electrons. The van der Waals surface area contributed by atoms with E-state index >= 15 is 0 Å². The van der Waals surface area contributed by atoms with E-state index in [2.05, 4.69) is 15.6 Å². The van der Waals surface area contributed by atoms with E-state index in [0.29, 0.717) is 18.4 Å². The predicted molar refractivity (Wildman–Crippen MR) is 87.5 cm³/mol. The number of benzene rings is 1. The topological polar surface area (TPSA) is 67.2 Å². The number of hydrogen-bond acceptors (Lipinski definition) is 4. The number of rotatable bonds is 4. The van der Waals surface area contributed by atoms with Crippen LogP contribution in [0.5, 0.6) is 0 Å². The minimum absolute atomic E-state index is 0. The van der Waals surface area contributed by atoms with Gasteiger partial charge in [0.2, 0.25) is 5.91 Å². The van der Waals surface area contributed by atoms with Crippen molar-refractivity contribution in [3.05, 3.63) is 24.1 Å². The molecule has 1 aromatic heterocycles. The van der Waals surface area contributed by atoms with Crippen molar-refractivity contribution in [1.29, 1.82) is 0 Å². The van der Waals surface area contributed by atoms with Gasteiger partial charge in [0.15, 0.2) is 11.5 Å². The molecule has 118 valence electrons. The Morgan fingerprint density at radius 3 is 2.95 bits per heavy atom. The zero-order valence-corrected chi connectivity index (χ0v) is 13.1. The van der Waals surface area contributed by atoms with Crippen molar-refractivity contribution >= 4 is 35.1 Å². The molecule has 1 aromatic carbocycles. The molecule has 0 spiro atoms. The van der Waals surface area contributed by atoms with Gasteiger partial charge >= 0.3 is 0 Å². The van der Waals surface area contributed by atoms with E-state index in [1.54, 1.807) is 0 Å². The van der Waals surface area contributed by atoms with Crippen LogP contribution in [0.25, 0.3) is 11.1 Å². The van der Waals surface area contributed by atoms with Gasteiger partial charge < -0.3 is 15.1 Å². The van der Waals surface area contributed by atoms with E-state index in [1.165, 1.54) is 12.8 Å². The molecule has 1 aliphatic heterocycles. The number of nitrogens with one attached hydrogen (secondary N) is 2. The first-order valence-corrected chi connectivity index (χ1v) is 7.72. The minimum Gasteiger partial charge on any atom is -0.440 e. The highest BCUT2D eigenvalue weighted by Gasteiger charge is 2.28. The Morgan fingerprint density at radius 2 is 2.23 bits per heavy atom. The number of hydrogen-bond donors (Lipinski definition) is 2. The third kappa shape index (κ3) is 3.25. The molecule has 1 unspecified atom stereocenters. The Bertz CT molecular complexity index is 675. The van der Waals surface area contributed by atoms with Crippen LogP contribution in [0.1, 0.15) is 43.9 Å². The summed E-state index contributed by atoms with van der Waals surface area (Å²) in [6.07, 6.45) is 5.11. The zero-order chi connectivity index (χ0) is 14.2. The van der Waals surface area contributed by atoms with Crippen LogP contribution in [-0.4, -0.2) is 23.5 Å². The van der Waals surface area contributed by atoms with E-state index in [-0.39, 0.29) is 18.3 Å². The number of halogens is 1. The van der Waals surface area contributed by atoms with Crippen molar-refractivity contribution in [3.8, 4) is 0 Å². The van der Waals surface area contributed by atoms with Crippen molar-refractivity contribution in [2.45, 2.75) is 44.1 Å². The molecule has 2 aromatic rings. The van der Waals surface area contributed by atoms with Gasteiger partial charge in [0.1, 0.15) is 5.52 Å². The number of oxazole rings is 1. The van der Waals surface area contributed by atoms with Crippen LogP contribution < -0.4 is 10.6 Å². The highest BCUT2D eigenvalue weighted by Crippen LogP contribution is 2.40. The first-order chi connectivity index (χ1) is 10.3. The van der Waals surface area contributed by atoms with Crippen molar-refractivity contribution in [2.75, 3.05) is 11.9 Å². The summed E-state index contributed by atoms with van der Waals surface area (Å²) in [7, 11) is 0. The Labute approximate surface area is 135 Å². The van der Waals surface area contributed by atoms with E-state index in [9.17, 15) is 4.79 Å². The third-order valence-corrected chi connectivity index (χ3v) is 4.21. The standard InChI is InChI=1S/C16H19N3O2.ClH/c20-15(9-11-2-1-7-17-11)18-12-5-6-13-14(8-12)21-16(19-13)10-3-4-10;/h5-6,8,10-11,17H,1-4,7,9H2,(H,18,20);1H. The highest BCUT2D eigenvalue weighted by molar-refractivity contribution is 5.93. The molecule has 1 atom stereocenters. The van der Waals surface area contributed by atoms with Crippen LogP contribution in [0.4, 0.5) is 5.69 Å². The number of amides is 1. The predicted octanol–water partition coefficient (Wildman–Crippen LogP) is 3.21. The largest absolute Gasteiger partial charge is 0.440 e. The average Bonchev–Trinajstić information content (AvgIpc) is 3.03. The average molecular weight is 322 g/mol. The fraction of sp³-hybridized carbons (Fsp3) is 0.500. The summed E-state index contributed by atoms with van der Waals surface area (Å²) >= 11 is 0. The molecule has 1 saturated heterocycles. The molecule has 1 aliphatic carbocycles. The second-order valence-corrected chi connectivity index (χ2v) is 6.05. The minimum atomic E-state index is 0. The molecule has 2 fully saturated rings. The van der Waals surface area contributed by atoms with Crippen LogP contribution in [-0.2, 0) is 4.79 Å². The normalized spacial score (nSPS) is 20.8. The first kappa shape index (κ1) is 15.3. The maximum absolute atomic E-state index is 12.0. The van der Waals surface area contributed by atoms with Crippen molar-refractivity contribution in [1.82, 2.24) is 10.3 Å². The smallest absolute Gasteiger partial charge is 0.225 e. The molecule has 2 N–H and O–H groups in total. The van der Waals surface area contributed by atoms with E-state index < -0.39 is 0 Å². The van der Waals surface area contributed by atoms with Gasteiger partial charge in [0.05, 0.1) is 0 Å². The summed E-state index contributed by atoms with van der Waals surface area (Å²) in [4.78, 5) is 16.5. The summed E-state index contributed by atoms with van der Waals surface area (Å²) in [5, 5.41) is 6.28. The quantitative estimate of drug-likeness (QED) is 0.907. The maximum Gasteiger partial charge on any atom is 0.225 e. The van der Waals surface area contributed by atoms with Gasteiger partial charge in [-0.1, -0.05) is 0 Å². The summed E-state index contributed by atoms with van der Waals surface area (Å²) in [5.41, 5.74) is 2.41. The number of carbonyl (C=O) groups excluding carboxylic acids is 1. The van der Waals surface area contributed by atoms with Crippen molar-refractivity contribution < 1.29 is 9.21 Å². The molecular formula is C16H20ClN3O2. The van der Waals surface area contributed by atoms with E-state index in [0.717, 1.165) is 42.1 Å². The molecule has 0 bridgehead atoms. The zero-order valence-electron chi connectivity index (χ0n) is 12.3. The lowest BCUT2D eigenvalue weighted by molar-refractivity contribution is -0.116. The Morgan fingerprint density at radius 1 is 1.36 bits per heavy atom. The number of fused-ring (bicyclic) bond motifs is 1. The summed E-state index contributed by atoms with van der Waals surface area (Å²) in [6, 6.07) is 5.99. The molecule has 1 amide bonds. The van der Waals surface area contributed by atoms with Gasteiger partial charge in [-0.05, 0) is 44.4 Å². The van der Waals surface area contributed by atoms with E-state index in [4.69, 9.17) is 4.42 Å². The van der Waals surface area contributed by atoms with Crippen LogP contribution in [0, 0.1) is 0 Å². The number of anilines is 1. The lowest BCUT2D eigenvalue weighted by Crippen LogP contribution is -2.27. The van der Waals surface area contributed by atoms with Gasteiger partial charge in [0.25, 0.3) is 0 Å². The molecule has 2 aliphatic rings. The second-order valence-electron chi connectivity index (χ2n) is 6.05. The van der Waals surface area contributed by atoms with Crippen LogP contribution in [0.2, 0.25) is 0 Å². The Hall–Kier alpha value is -1.59. The molecular weight excluding hydrogens is 302 g/mol. The van der Waals surface area contributed by atoms with Crippen LogP contribution in [0.15, 0.2) is 22.6 Å².